The molecule has 1 aliphatic carbocycles. The molecule has 272 valence electrons. The van der Waals surface area contributed by atoms with Crippen LogP contribution in [0.2, 0.25) is 0 Å². The standard InChI is InChI=1S/C32H33F9N6O3/c1-3-23-15-26(46(29-42-44-45(2)43-29)16-18-10-21(31(36,37)38)13-22(11-18)32(39,40)41)24-14-20(30(33,34)35)8-9-25(24)47(23)28(50)19-6-4-17(5-7-19)12-27(48)49/h8-11,13-14,17,19,23,26H,3-7,12,15-16H2,1-2H3,(H,48,49)/t17?,19?,23-,26?/m1/s1. The van der Waals surface area contributed by atoms with Crippen molar-refractivity contribution in [2.45, 2.75) is 89.0 Å². The van der Waals surface area contributed by atoms with Crippen LogP contribution in [-0.2, 0) is 41.7 Å². The molecule has 0 bridgehead atoms. The first-order chi connectivity index (χ1) is 23.3. The first kappa shape index (κ1) is 36.9. The molecule has 0 radical (unpaired) electrons. The van der Waals surface area contributed by atoms with Crippen LogP contribution >= 0.6 is 0 Å². The Morgan fingerprint density at radius 2 is 1.48 bits per heavy atom. The van der Waals surface area contributed by atoms with Crippen LogP contribution in [0, 0.1) is 11.8 Å². The number of amides is 1. The number of rotatable bonds is 8. The maximum atomic E-state index is 14.1. The smallest absolute Gasteiger partial charge is 0.416 e. The number of carboxylic acid groups (broad SMARTS) is 1. The summed E-state index contributed by atoms with van der Waals surface area (Å²) in [6, 6.07) is 2.02. The summed E-state index contributed by atoms with van der Waals surface area (Å²) in [5.41, 5.74) is -4.63. The number of nitrogens with zero attached hydrogens (tertiary/aromatic N) is 6. The molecule has 2 aliphatic rings. The van der Waals surface area contributed by atoms with E-state index in [0.29, 0.717) is 44.2 Å². The zero-order valence-electron chi connectivity index (χ0n) is 26.8. The SMILES string of the molecule is CC[C@@H]1CC(N(Cc2cc(C(F)(F)F)cc(C(F)(F)F)c2)c2nnn(C)n2)c2cc(C(F)(F)F)ccc2N1C(=O)C1CCC(CC(=O)O)CC1. The van der Waals surface area contributed by atoms with Crippen molar-refractivity contribution in [2.75, 3.05) is 9.80 Å². The molecule has 1 amide bonds. The summed E-state index contributed by atoms with van der Waals surface area (Å²) in [6.07, 6.45) is -13.3. The largest absolute Gasteiger partial charge is 0.481 e. The van der Waals surface area contributed by atoms with Crippen molar-refractivity contribution in [1.82, 2.24) is 20.2 Å². The van der Waals surface area contributed by atoms with Crippen molar-refractivity contribution in [2.24, 2.45) is 18.9 Å². The zero-order chi connectivity index (χ0) is 36.8. The monoisotopic (exact) mass is 720 g/mol. The van der Waals surface area contributed by atoms with Gasteiger partial charge in [0.15, 0.2) is 0 Å². The minimum Gasteiger partial charge on any atom is -0.481 e. The fraction of sp³-hybridized carbons (Fsp3) is 0.531. The molecule has 1 unspecified atom stereocenters. The first-order valence-corrected chi connectivity index (χ1v) is 15.8. The van der Waals surface area contributed by atoms with Gasteiger partial charge >= 0.3 is 24.5 Å². The molecule has 1 aromatic heterocycles. The summed E-state index contributed by atoms with van der Waals surface area (Å²) in [7, 11) is 1.36. The second kappa shape index (κ2) is 13.7. The fourth-order valence-corrected chi connectivity index (χ4v) is 6.92. The highest BCUT2D eigenvalue weighted by Gasteiger charge is 2.44. The minimum atomic E-state index is -5.15. The van der Waals surface area contributed by atoms with E-state index in [1.807, 2.05) is 0 Å². The van der Waals surface area contributed by atoms with Gasteiger partial charge in [0, 0.05) is 30.6 Å². The number of carboxylic acids is 1. The Morgan fingerprint density at radius 3 is 1.98 bits per heavy atom. The summed E-state index contributed by atoms with van der Waals surface area (Å²) < 4.78 is 125. The Labute approximate surface area is 280 Å². The van der Waals surface area contributed by atoms with Crippen LogP contribution < -0.4 is 9.80 Å². The predicted octanol–water partition coefficient (Wildman–Crippen LogP) is 7.81. The molecule has 0 spiro atoms. The second-order valence-electron chi connectivity index (χ2n) is 12.7. The van der Waals surface area contributed by atoms with Gasteiger partial charge < -0.3 is 14.9 Å². The van der Waals surface area contributed by atoms with Gasteiger partial charge in [-0.25, -0.2) is 0 Å². The highest BCUT2D eigenvalue weighted by Crippen LogP contribution is 2.47. The molecule has 5 rings (SSSR count). The van der Waals surface area contributed by atoms with Crippen molar-refractivity contribution in [3.8, 4) is 0 Å². The molecule has 1 N–H and O–H groups in total. The van der Waals surface area contributed by atoms with Gasteiger partial charge in [0.05, 0.1) is 29.8 Å². The van der Waals surface area contributed by atoms with E-state index in [-0.39, 0.29) is 47.9 Å². The zero-order valence-corrected chi connectivity index (χ0v) is 26.8. The Bertz CT molecular complexity index is 1680. The number of benzene rings is 2. The number of alkyl halides is 9. The van der Waals surface area contributed by atoms with Crippen LogP contribution in [0.25, 0.3) is 0 Å². The average Bonchev–Trinajstić information content (AvgIpc) is 3.46. The number of fused-ring (bicyclic) bond motifs is 1. The molecule has 18 heteroatoms. The van der Waals surface area contributed by atoms with Gasteiger partial charge in [-0.15, -0.1) is 5.10 Å². The Morgan fingerprint density at radius 1 is 0.880 bits per heavy atom. The lowest BCUT2D eigenvalue weighted by Crippen LogP contribution is -2.50. The van der Waals surface area contributed by atoms with E-state index >= 15 is 0 Å². The maximum Gasteiger partial charge on any atom is 0.416 e. The van der Waals surface area contributed by atoms with Gasteiger partial charge in [-0.3, -0.25) is 9.59 Å². The van der Waals surface area contributed by atoms with E-state index in [9.17, 15) is 54.2 Å². The number of carbonyl (C=O) groups is 2. The second-order valence-corrected chi connectivity index (χ2v) is 12.7. The van der Waals surface area contributed by atoms with Crippen molar-refractivity contribution in [3.63, 3.8) is 0 Å². The molecule has 9 nitrogen and oxygen atoms in total. The molecule has 0 saturated heterocycles. The molecular formula is C32H33F9N6O3. The molecule has 2 heterocycles. The van der Waals surface area contributed by atoms with Gasteiger partial charge in [-0.05, 0) is 97.2 Å². The van der Waals surface area contributed by atoms with Crippen LogP contribution in [0.4, 0.5) is 51.1 Å². The molecule has 2 atom stereocenters. The van der Waals surface area contributed by atoms with Gasteiger partial charge in [-0.1, -0.05) is 12.0 Å². The quantitative estimate of drug-likeness (QED) is 0.237. The van der Waals surface area contributed by atoms with E-state index in [1.165, 1.54) is 16.8 Å². The Balaban J connectivity index is 1.61. The number of halogens is 9. The number of hydrogen-bond donors (Lipinski definition) is 1. The van der Waals surface area contributed by atoms with E-state index < -0.39 is 71.3 Å². The lowest BCUT2D eigenvalue weighted by atomic mass is 9.79. The number of hydrogen-bond acceptors (Lipinski definition) is 6. The highest BCUT2D eigenvalue weighted by molar-refractivity contribution is 5.97. The first-order valence-electron chi connectivity index (χ1n) is 15.8. The molecular weight excluding hydrogens is 687 g/mol. The van der Waals surface area contributed by atoms with Crippen LogP contribution in [0.15, 0.2) is 36.4 Å². The van der Waals surface area contributed by atoms with E-state index in [1.54, 1.807) is 6.92 Å². The predicted molar refractivity (Wildman–Crippen MR) is 159 cm³/mol. The maximum absolute atomic E-state index is 14.1. The van der Waals surface area contributed by atoms with Crippen LogP contribution in [0.1, 0.15) is 85.7 Å². The van der Waals surface area contributed by atoms with Crippen molar-refractivity contribution < 1.29 is 54.2 Å². The topological polar surface area (TPSA) is 104 Å². The van der Waals surface area contributed by atoms with Gasteiger partial charge in [-0.2, -0.15) is 44.3 Å². The third-order valence-electron chi connectivity index (χ3n) is 9.33. The number of aliphatic carboxylic acids is 1. The molecule has 3 aromatic rings. The van der Waals surface area contributed by atoms with Gasteiger partial charge in [0.1, 0.15) is 0 Å². The number of aryl methyl sites for hydroxylation is 1. The van der Waals surface area contributed by atoms with Crippen molar-refractivity contribution in [1.29, 1.82) is 0 Å². The summed E-state index contributed by atoms with van der Waals surface area (Å²) in [5.74, 6) is -2.23. The fourth-order valence-electron chi connectivity index (χ4n) is 6.92. The normalized spacial score (nSPS) is 21.5. The van der Waals surface area contributed by atoms with E-state index in [0.717, 1.165) is 23.0 Å². The summed E-state index contributed by atoms with van der Waals surface area (Å²) in [6.45, 7) is 1.06. The lowest BCUT2D eigenvalue weighted by Gasteiger charge is -2.46. The van der Waals surface area contributed by atoms with Gasteiger partial charge in [0.2, 0.25) is 5.91 Å². The molecule has 50 heavy (non-hydrogen) atoms. The van der Waals surface area contributed by atoms with Gasteiger partial charge in [0.25, 0.3) is 5.95 Å². The molecule has 2 aromatic carbocycles. The third-order valence-corrected chi connectivity index (χ3v) is 9.33. The van der Waals surface area contributed by atoms with Crippen LogP contribution in [0.5, 0.6) is 0 Å². The average molecular weight is 721 g/mol. The number of tetrazole rings is 1. The Kier molecular flexibility index (Phi) is 10.1. The summed E-state index contributed by atoms with van der Waals surface area (Å²) >= 11 is 0. The summed E-state index contributed by atoms with van der Waals surface area (Å²) in [4.78, 5) is 29.0. The number of carbonyl (C=O) groups excluding carboxylic acids is 1. The van der Waals surface area contributed by atoms with Crippen molar-refractivity contribution in [3.05, 3.63) is 64.2 Å². The number of aromatic nitrogens is 4. The van der Waals surface area contributed by atoms with Crippen molar-refractivity contribution >= 4 is 23.5 Å². The Hall–Kier alpha value is -4.38. The van der Waals surface area contributed by atoms with E-state index in [4.69, 9.17) is 0 Å². The van der Waals surface area contributed by atoms with Crippen LogP contribution in [-0.4, -0.2) is 43.2 Å². The van der Waals surface area contributed by atoms with Crippen LogP contribution in [0.3, 0.4) is 0 Å². The highest BCUT2D eigenvalue weighted by atomic mass is 19.4. The molecule has 1 fully saturated rings. The summed E-state index contributed by atoms with van der Waals surface area (Å²) in [5, 5.41) is 20.9. The van der Waals surface area contributed by atoms with E-state index in [2.05, 4.69) is 15.4 Å². The minimum absolute atomic E-state index is 0.0221. The third kappa shape index (κ3) is 7.98. The lowest BCUT2D eigenvalue weighted by molar-refractivity contribution is -0.143. The number of anilines is 2. The molecule has 1 aliphatic heterocycles. The molecule has 1 saturated carbocycles.